The van der Waals surface area contributed by atoms with Crippen molar-refractivity contribution >= 4 is 11.9 Å². The Bertz CT molecular complexity index is 1180. The molecule has 4 aliphatic rings. The first-order valence-electron chi connectivity index (χ1n) is 13.7. The normalized spacial score (nSPS) is 31.6. The number of hydrogen-bond donors (Lipinski definition) is 1. The highest BCUT2D eigenvalue weighted by Crippen LogP contribution is 2.60. The highest BCUT2D eigenvalue weighted by Gasteiger charge is 2.66. The van der Waals surface area contributed by atoms with Gasteiger partial charge in [0.15, 0.2) is 0 Å². The van der Waals surface area contributed by atoms with E-state index in [1.807, 2.05) is 24.8 Å². The number of imide groups is 1. The number of carbonyl (C=O) groups is 2. The molecule has 2 aliphatic carbocycles. The second kappa shape index (κ2) is 8.62. The number of carbonyl (C=O) groups excluding carboxylic acids is 2. The van der Waals surface area contributed by atoms with Gasteiger partial charge in [-0.3, -0.25) is 14.6 Å². The Kier molecular flexibility index (Phi) is 5.63. The molecule has 3 fully saturated rings. The van der Waals surface area contributed by atoms with Gasteiger partial charge in [0.1, 0.15) is 11.3 Å². The highest BCUT2D eigenvalue weighted by atomic mass is 16.3. The first kappa shape index (κ1) is 23.5. The number of likely N-dealkylation sites (tertiary alicyclic amines) is 1. The van der Waals surface area contributed by atoms with E-state index in [4.69, 9.17) is 0 Å². The summed E-state index contributed by atoms with van der Waals surface area (Å²) in [5.74, 6) is 0.696. The van der Waals surface area contributed by atoms with Crippen LogP contribution in [0.25, 0.3) is 0 Å². The zero-order valence-electron chi connectivity index (χ0n) is 21.4. The molecule has 3 amide bonds. The number of phenolic OH excluding ortho intramolecular Hbond substituents is 1. The molecule has 36 heavy (non-hydrogen) atoms. The largest absolute Gasteiger partial charge is 0.508 e. The molecule has 1 saturated carbocycles. The van der Waals surface area contributed by atoms with Crippen LogP contribution in [0.15, 0.2) is 48.5 Å². The van der Waals surface area contributed by atoms with E-state index in [2.05, 4.69) is 41.3 Å². The summed E-state index contributed by atoms with van der Waals surface area (Å²) in [6, 6.07) is 16.8. The molecule has 6 nitrogen and oxygen atoms in total. The van der Waals surface area contributed by atoms with E-state index >= 15 is 0 Å². The summed E-state index contributed by atoms with van der Waals surface area (Å²) < 4.78 is 0. The van der Waals surface area contributed by atoms with E-state index in [0.29, 0.717) is 37.2 Å². The third kappa shape index (κ3) is 3.26. The molecule has 190 valence electrons. The third-order valence-electron chi connectivity index (χ3n) is 9.81. The topological polar surface area (TPSA) is 64.1 Å². The molecule has 2 heterocycles. The number of aromatic hydroxyl groups is 1. The third-order valence-corrected chi connectivity index (χ3v) is 9.81. The number of hydrogen-bond acceptors (Lipinski definition) is 4. The summed E-state index contributed by atoms with van der Waals surface area (Å²) in [6.45, 7) is 6.85. The van der Waals surface area contributed by atoms with Gasteiger partial charge in [0.05, 0.1) is 0 Å². The molecule has 4 atom stereocenters. The number of likely N-dealkylation sites (N-methyl/N-ethyl adjacent to an activating group) is 2. The van der Waals surface area contributed by atoms with E-state index in [1.165, 1.54) is 21.6 Å². The molecule has 0 aromatic heterocycles. The van der Waals surface area contributed by atoms with Crippen molar-refractivity contribution in [1.82, 2.24) is 14.7 Å². The lowest BCUT2D eigenvalue weighted by molar-refractivity contribution is -0.140. The van der Waals surface area contributed by atoms with Crippen LogP contribution in [0.5, 0.6) is 5.75 Å². The second-order valence-corrected chi connectivity index (χ2v) is 11.2. The number of phenols is 1. The Morgan fingerprint density at radius 3 is 2.58 bits per heavy atom. The Balaban J connectivity index is 1.39. The van der Waals surface area contributed by atoms with Gasteiger partial charge in [-0.05, 0) is 93.7 Å². The summed E-state index contributed by atoms with van der Waals surface area (Å²) in [6.07, 6.45) is 5.28. The van der Waals surface area contributed by atoms with Gasteiger partial charge in [0.2, 0.25) is 0 Å². The van der Waals surface area contributed by atoms with Gasteiger partial charge in [-0.2, -0.15) is 0 Å². The zero-order valence-corrected chi connectivity index (χ0v) is 21.4. The van der Waals surface area contributed by atoms with Crippen molar-refractivity contribution in [3.63, 3.8) is 0 Å². The standard InChI is InChI=1S/C30H37N3O3/c1-3-32-27(35)30(33(4-2)28(32)36)14-12-24-26-18-22-10-11-23(34)19-25(22)29(24,20-30)15-17-31(26)16-13-21-8-6-5-7-9-21/h5-11,19,24,26,34H,3-4,12-18,20H2,1-2H3/t24-,26+,29-,30-/m0/s1. The molecule has 2 aromatic carbocycles. The summed E-state index contributed by atoms with van der Waals surface area (Å²) in [4.78, 5) is 33.1. The van der Waals surface area contributed by atoms with Gasteiger partial charge in [-0.1, -0.05) is 36.4 Å². The number of rotatable bonds is 5. The fourth-order valence-electron chi connectivity index (χ4n) is 8.25. The SMILES string of the molecule is CCN1C(=O)N(CC)[C@]2(CC[C@H]3[C@H]4Cc5ccc(O)cc5[C@@]3(CCN4CCc3ccccc3)C2)C1=O. The number of urea groups is 1. The minimum Gasteiger partial charge on any atom is -0.508 e. The molecule has 2 saturated heterocycles. The van der Waals surface area contributed by atoms with Crippen LogP contribution in [-0.4, -0.2) is 69.5 Å². The molecule has 1 N–H and O–H groups in total. The maximum atomic E-state index is 13.8. The molecule has 0 unspecified atom stereocenters. The average Bonchev–Trinajstić information content (AvgIpc) is 3.08. The number of piperidine rings is 1. The van der Waals surface area contributed by atoms with Crippen LogP contribution in [-0.2, 0) is 23.1 Å². The van der Waals surface area contributed by atoms with Crippen LogP contribution in [0, 0.1) is 5.92 Å². The highest BCUT2D eigenvalue weighted by molar-refractivity contribution is 6.07. The smallest absolute Gasteiger partial charge is 0.327 e. The van der Waals surface area contributed by atoms with Crippen LogP contribution in [0.3, 0.4) is 0 Å². The lowest BCUT2D eigenvalue weighted by Crippen LogP contribution is -2.67. The maximum Gasteiger partial charge on any atom is 0.327 e. The molecule has 6 heteroatoms. The number of nitrogens with zero attached hydrogens (tertiary/aromatic N) is 3. The first-order chi connectivity index (χ1) is 17.4. The van der Waals surface area contributed by atoms with E-state index in [9.17, 15) is 14.7 Å². The fraction of sp³-hybridized carbons (Fsp3) is 0.533. The summed E-state index contributed by atoms with van der Waals surface area (Å²) in [7, 11) is 0. The lowest BCUT2D eigenvalue weighted by atomic mass is 9.49. The molecule has 2 aromatic rings. The van der Waals surface area contributed by atoms with Crippen LogP contribution >= 0.6 is 0 Å². The van der Waals surface area contributed by atoms with E-state index in [1.54, 1.807) is 6.07 Å². The van der Waals surface area contributed by atoms with Gasteiger partial charge in [-0.25, -0.2) is 4.79 Å². The van der Waals surface area contributed by atoms with Gasteiger partial charge in [-0.15, -0.1) is 0 Å². The van der Waals surface area contributed by atoms with Crippen molar-refractivity contribution in [2.75, 3.05) is 26.2 Å². The lowest BCUT2D eigenvalue weighted by Gasteiger charge is -2.62. The Labute approximate surface area is 213 Å². The van der Waals surface area contributed by atoms with Gasteiger partial charge in [0.25, 0.3) is 5.91 Å². The fourth-order valence-corrected chi connectivity index (χ4v) is 8.25. The molecular formula is C30H37N3O3. The van der Waals surface area contributed by atoms with Crippen molar-refractivity contribution in [1.29, 1.82) is 0 Å². The Hall–Kier alpha value is -2.86. The Morgan fingerprint density at radius 1 is 1.03 bits per heavy atom. The van der Waals surface area contributed by atoms with Crippen molar-refractivity contribution in [3.05, 3.63) is 65.2 Å². The summed E-state index contributed by atoms with van der Waals surface area (Å²) in [5.41, 5.74) is 2.91. The quantitative estimate of drug-likeness (QED) is 0.637. The van der Waals surface area contributed by atoms with E-state index in [0.717, 1.165) is 45.2 Å². The van der Waals surface area contributed by atoms with Crippen molar-refractivity contribution in [2.24, 2.45) is 5.92 Å². The van der Waals surface area contributed by atoms with E-state index < -0.39 is 5.54 Å². The van der Waals surface area contributed by atoms with Crippen LogP contribution in [0.4, 0.5) is 4.79 Å². The second-order valence-electron chi connectivity index (χ2n) is 11.2. The van der Waals surface area contributed by atoms with Crippen LogP contribution in [0.1, 0.15) is 56.2 Å². The summed E-state index contributed by atoms with van der Waals surface area (Å²) in [5, 5.41) is 10.5. The number of fused-ring (bicyclic) bond motifs is 1. The average molecular weight is 488 g/mol. The monoisotopic (exact) mass is 487 g/mol. The zero-order chi connectivity index (χ0) is 25.1. The number of amides is 3. The summed E-state index contributed by atoms with van der Waals surface area (Å²) >= 11 is 0. The predicted molar refractivity (Wildman–Crippen MR) is 139 cm³/mol. The van der Waals surface area contributed by atoms with Crippen molar-refractivity contribution in [2.45, 2.75) is 69.4 Å². The molecular weight excluding hydrogens is 450 g/mol. The number of benzene rings is 2. The molecule has 2 bridgehead atoms. The van der Waals surface area contributed by atoms with Gasteiger partial charge in [0, 0.05) is 31.1 Å². The molecule has 1 spiro atoms. The van der Waals surface area contributed by atoms with Gasteiger partial charge < -0.3 is 10.0 Å². The predicted octanol–water partition coefficient (Wildman–Crippen LogP) is 4.35. The van der Waals surface area contributed by atoms with Crippen LogP contribution in [0.2, 0.25) is 0 Å². The minimum absolute atomic E-state index is 0.0139. The van der Waals surface area contributed by atoms with Crippen LogP contribution < -0.4 is 0 Å². The first-order valence-corrected chi connectivity index (χ1v) is 13.7. The van der Waals surface area contributed by atoms with Crippen molar-refractivity contribution in [3.8, 4) is 5.75 Å². The maximum absolute atomic E-state index is 13.8. The molecule has 2 aliphatic heterocycles. The Morgan fingerprint density at radius 2 is 1.83 bits per heavy atom. The van der Waals surface area contributed by atoms with E-state index in [-0.39, 0.29) is 17.4 Å². The molecule has 6 rings (SSSR count). The van der Waals surface area contributed by atoms with Gasteiger partial charge >= 0.3 is 6.03 Å². The molecule has 0 radical (unpaired) electrons. The minimum atomic E-state index is -0.769. The van der Waals surface area contributed by atoms with Crippen molar-refractivity contribution < 1.29 is 14.7 Å².